The van der Waals surface area contributed by atoms with Gasteiger partial charge in [-0.2, -0.15) is 18.3 Å². The van der Waals surface area contributed by atoms with Crippen molar-refractivity contribution in [2.75, 3.05) is 5.32 Å². The van der Waals surface area contributed by atoms with Gasteiger partial charge in [-0.1, -0.05) is 12.1 Å². The van der Waals surface area contributed by atoms with E-state index in [1.54, 1.807) is 6.92 Å². The Bertz CT molecular complexity index is 1140. The Balaban J connectivity index is 1.48. The monoisotopic (exact) mass is 434 g/mol. The summed E-state index contributed by atoms with van der Waals surface area (Å²) in [6.45, 7) is 1.67. The summed E-state index contributed by atoms with van der Waals surface area (Å²) >= 11 is 0. The molecular formula is C21H18F4N4O2. The fraction of sp³-hybridized carbons (Fsp3) is 0.286. The Kier molecular flexibility index (Phi) is 5.16. The number of anilines is 1. The first kappa shape index (κ1) is 20.8. The number of fused-ring (bicyclic) bond motifs is 1. The van der Waals surface area contributed by atoms with Crippen molar-refractivity contribution in [1.29, 1.82) is 0 Å². The van der Waals surface area contributed by atoms with Crippen LogP contribution in [0.5, 0.6) is 0 Å². The molecule has 4 rings (SSSR count). The van der Waals surface area contributed by atoms with Crippen LogP contribution in [-0.2, 0) is 11.0 Å². The van der Waals surface area contributed by atoms with E-state index in [0.29, 0.717) is 22.9 Å². The van der Waals surface area contributed by atoms with Crippen LogP contribution in [-0.4, -0.2) is 33.1 Å². The van der Waals surface area contributed by atoms with Gasteiger partial charge in [-0.05, 0) is 43.0 Å². The Morgan fingerprint density at radius 3 is 2.58 bits per heavy atom. The van der Waals surface area contributed by atoms with Crippen LogP contribution in [0.4, 0.5) is 28.0 Å². The maximum absolute atomic E-state index is 14.3. The summed E-state index contributed by atoms with van der Waals surface area (Å²) in [5.41, 5.74) is 0.231. The number of hydrogen-bond acceptors (Lipinski definition) is 3. The van der Waals surface area contributed by atoms with E-state index in [2.05, 4.69) is 15.5 Å². The molecule has 1 aromatic heterocycles. The normalized spacial score (nSPS) is 19.6. The predicted molar refractivity (Wildman–Crippen MR) is 105 cm³/mol. The number of rotatable bonds is 2. The number of piperidine rings is 1. The molecule has 0 saturated carbocycles. The van der Waals surface area contributed by atoms with Gasteiger partial charge in [-0.3, -0.25) is 14.8 Å². The van der Waals surface area contributed by atoms with E-state index in [1.165, 1.54) is 30.5 Å². The lowest BCUT2D eigenvalue weighted by Gasteiger charge is -2.36. The smallest absolute Gasteiger partial charge is 0.305 e. The second-order valence-corrected chi connectivity index (χ2v) is 7.59. The lowest BCUT2D eigenvalue weighted by Crippen LogP contribution is -2.49. The molecule has 1 fully saturated rings. The zero-order valence-corrected chi connectivity index (χ0v) is 16.3. The molecule has 10 heteroatoms. The first-order valence-electron chi connectivity index (χ1n) is 9.56. The van der Waals surface area contributed by atoms with E-state index in [4.69, 9.17) is 0 Å². The van der Waals surface area contributed by atoms with E-state index in [0.717, 1.165) is 17.0 Å². The molecule has 1 aliphatic rings. The van der Waals surface area contributed by atoms with Gasteiger partial charge < -0.3 is 5.32 Å². The number of likely N-dealkylation sites (tertiary alicyclic amines) is 1. The molecule has 2 unspecified atom stereocenters. The molecule has 2 N–H and O–H groups in total. The molecule has 1 saturated heterocycles. The molecule has 2 atom stereocenters. The highest BCUT2D eigenvalue weighted by atomic mass is 19.4. The fourth-order valence-electron chi connectivity index (χ4n) is 3.90. The number of aromatic nitrogens is 2. The van der Waals surface area contributed by atoms with Gasteiger partial charge in [0.1, 0.15) is 5.82 Å². The van der Waals surface area contributed by atoms with Crippen molar-refractivity contribution in [3.63, 3.8) is 0 Å². The highest BCUT2D eigenvalue weighted by molar-refractivity contribution is 6.03. The van der Waals surface area contributed by atoms with Crippen LogP contribution in [0, 0.1) is 5.82 Å². The van der Waals surface area contributed by atoms with Crippen LogP contribution in [0.3, 0.4) is 0 Å². The van der Waals surface area contributed by atoms with Crippen molar-refractivity contribution in [3.05, 3.63) is 59.5 Å². The summed E-state index contributed by atoms with van der Waals surface area (Å²) < 4.78 is 52.6. The molecule has 0 aliphatic carbocycles. The Labute approximate surface area is 174 Å². The number of carbonyl (C=O) groups is 2. The highest BCUT2D eigenvalue weighted by Crippen LogP contribution is 2.35. The summed E-state index contributed by atoms with van der Waals surface area (Å²) in [4.78, 5) is 26.4. The lowest BCUT2D eigenvalue weighted by molar-refractivity contribution is -0.137. The summed E-state index contributed by atoms with van der Waals surface area (Å²) in [6.07, 6.45) is -2.61. The zero-order chi connectivity index (χ0) is 22.3. The van der Waals surface area contributed by atoms with Crippen LogP contribution in [0.2, 0.25) is 0 Å². The summed E-state index contributed by atoms with van der Waals surface area (Å²) in [5.74, 6) is -1.47. The molecule has 162 valence electrons. The number of nitrogens with zero attached hydrogens (tertiary/aromatic N) is 2. The van der Waals surface area contributed by atoms with Crippen LogP contribution < -0.4 is 5.32 Å². The highest BCUT2D eigenvalue weighted by Gasteiger charge is 2.37. The predicted octanol–water partition coefficient (Wildman–Crippen LogP) is 5.05. The number of nitrogens with one attached hydrogen (secondary N) is 2. The number of benzene rings is 2. The van der Waals surface area contributed by atoms with Crippen molar-refractivity contribution in [2.24, 2.45) is 0 Å². The topological polar surface area (TPSA) is 78.1 Å². The van der Waals surface area contributed by atoms with Gasteiger partial charge >= 0.3 is 12.2 Å². The van der Waals surface area contributed by atoms with Crippen LogP contribution >= 0.6 is 0 Å². The van der Waals surface area contributed by atoms with Gasteiger partial charge in [0.05, 0.1) is 23.0 Å². The minimum Gasteiger partial charge on any atom is -0.305 e. The largest absolute Gasteiger partial charge is 0.416 e. The maximum atomic E-state index is 14.3. The molecule has 3 aromatic rings. The number of alkyl halides is 3. The number of amides is 3. The van der Waals surface area contributed by atoms with Gasteiger partial charge in [0.25, 0.3) is 0 Å². The fourth-order valence-corrected chi connectivity index (χ4v) is 3.90. The van der Waals surface area contributed by atoms with Crippen LogP contribution in [0.1, 0.15) is 36.8 Å². The first-order chi connectivity index (χ1) is 14.6. The molecule has 2 heterocycles. The molecule has 3 amide bonds. The molecule has 0 spiro atoms. The molecule has 1 aliphatic heterocycles. The molecular weight excluding hydrogens is 416 g/mol. The summed E-state index contributed by atoms with van der Waals surface area (Å²) in [7, 11) is 0. The van der Waals surface area contributed by atoms with Crippen molar-refractivity contribution >= 4 is 28.5 Å². The first-order valence-corrected chi connectivity index (χ1v) is 9.56. The molecule has 6 nitrogen and oxygen atoms in total. The summed E-state index contributed by atoms with van der Waals surface area (Å²) in [6, 6.07) is 6.02. The SMILES string of the molecule is CC1CC(c2ccc(C(F)(F)F)cc2)CC(=O)N1C(=O)Nc1cc2cn[nH]c2cc1F. The van der Waals surface area contributed by atoms with E-state index in [9.17, 15) is 27.2 Å². The lowest BCUT2D eigenvalue weighted by atomic mass is 9.85. The minimum absolute atomic E-state index is 0.0353. The van der Waals surface area contributed by atoms with E-state index >= 15 is 0 Å². The van der Waals surface area contributed by atoms with E-state index in [1.807, 2.05) is 0 Å². The molecule has 2 aromatic carbocycles. The number of imide groups is 1. The Hall–Kier alpha value is -3.43. The van der Waals surface area contributed by atoms with Crippen molar-refractivity contribution in [2.45, 2.75) is 37.9 Å². The van der Waals surface area contributed by atoms with Gasteiger partial charge in [0.2, 0.25) is 5.91 Å². The average Bonchev–Trinajstić information content (AvgIpc) is 3.14. The van der Waals surface area contributed by atoms with Gasteiger partial charge in [0.15, 0.2) is 0 Å². The average molecular weight is 434 g/mol. The standard InChI is InChI=1S/C21H18F4N4O2/c1-11-6-13(12-2-4-15(5-3-12)21(23,24)25)8-19(30)29(11)20(31)27-18-7-14-10-26-28-17(14)9-16(18)22/h2-5,7,9-11,13H,6,8H2,1H3,(H,26,28)(H,27,31). The van der Waals surface area contributed by atoms with Gasteiger partial charge in [-0.15, -0.1) is 0 Å². The van der Waals surface area contributed by atoms with Crippen LogP contribution in [0.15, 0.2) is 42.6 Å². The Morgan fingerprint density at radius 2 is 1.94 bits per heavy atom. The van der Waals surface area contributed by atoms with Crippen molar-refractivity contribution in [1.82, 2.24) is 15.1 Å². The molecule has 0 radical (unpaired) electrons. The number of hydrogen-bond donors (Lipinski definition) is 2. The second kappa shape index (κ2) is 7.68. The van der Waals surface area contributed by atoms with Crippen LogP contribution in [0.25, 0.3) is 10.9 Å². The minimum atomic E-state index is -4.43. The van der Waals surface area contributed by atoms with Crippen molar-refractivity contribution in [3.8, 4) is 0 Å². The Morgan fingerprint density at radius 1 is 1.23 bits per heavy atom. The number of carbonyl (C=O) groups excluding carboxylic acids is 2. The van der Waals surface area contributed by atoms with E-state index in [-0.39, 0.29) is 18.0 Å². The molecule has 0 bridgehead atoms. The quantitative estimate of drug-likeness (QED) is 0.555. The number of urea groups is 1. The van der Waals surface area contributed by atoms with E-state index < -0.39 is 35.5 Å². The molecule has 31 heavy (non-hydrogen) atoms. The maximum Gasteiger partial charge on any atom is 0.416 e. The van der Waals surface area contributed by atoms with Crippen molar-refractivity contribution < 1.29 is 27.2 Å². The second-order valence-electron chi connectivity index (χ2n) is 7.59. The number of aromatic amines is 1. The zero-order valence-electron chi connectivity index (χ0n) is 16.3. The third-order valence-electron chi connectivity index (χ3n) is 5.45. The van der Waals surface area contributed by atoms with Gasteiger partial charge in [-0.25, -0.2) is 9.18 Å². The third-order valence-corrected chi connectivity index (χ3v) is 5.45. The number of halogens is 4. The van der Waals surface area contributed by atoms with Gasteiger partial charge in [0, 0.05) is 23.9 Å². The summed E-state index contributed by atoms with van der Waals surface area (Å²) in [5, 5.41) is 9.44. The number of H-pyrrole nitrogens is 1. The third kappa shape index (κ3) is 4.10.